The second-order valence-electron chi connectivity index (χ2n) is 9.23. The van der Waals surface area contributed by atoms with E-state index in [0.29, 0.717) is 17.1 Å². The average Bonchev–Trinajstić information content (AvgIpc) is 2.88. The molecular weight excluding hydrogens is 528 g/mol. The number of nitro benzene ring substituents is 1. The van der Waals surface area contributed by atoms with E-state index >= 15 is 0 Å². The van der Waals surface area contributed by atoms with Gasteiger partial charge in [-0.1, -0.05) is 45.0 Å². The Morgan fingerprint density at radius 3 is 2.37 bits per heavy atom. The fourth-order valence-electron chi connectivity index (χ4n) is 3.13. The lowest BCUT2D eigenvalue weighted by atomic mass is 10.00. The molecule has 9 nitrogen and oxygen atoms in total. The fraction of sp³-hybridized carbons (Fsp3) is 0.296. The smallest absolute Gasteiger partial charge is 0.359 e. The molecule has 1 fully saturated rings. The number of nitro groups is 1. The minimum atomic E-state index is -0.860. The highest BCUT2D eigenvalue weighted by Crippen LogP contribution is 2.39. The molecule has 11 heteroatoms. The van der Waals surface area contributed by atoms with E-state index in [2.05, 4.69) is 6.58 Å². The average molecular weight is 557 g/mol. The molecule has 2 aromatic carbocycles. The number of non-ortho nitro benzene ring substituents is 1. The van der Waals surface area contributed by atoms with Gasteiger partial charge in [-0.05, 0) is 41.6 Å². The van der Waals surface area contributed by atoms with Gasteiger partial charge in [-0.3, -0.25) is 24.6 Å². The van der Waals surface area contributed by atoms with Crippen molar-refractivity contribution in [2.45, 2.75) is 39.2 Å². The predicted molar refractivity (Wildman–Crippen MR) is 147 cm³/mol. The number of rotatable bonds is 11. The Bertz CT molecular complexity index is 1240. The van der Waals surface area contributed by atoms with Crippen molar-refractivity contribution in [2.24, 2.45) is 5.41 Å². The fourth-order valence-corrected chi connectivity index (χ4v) is 5.01. The predicted octanol–water partition coefficient (Wildman–Crippen LogP) is 5.67. The first-order valence-corrected chi connectivity index (χ1v) is 13.5. The summed E-state index contributed by atoms with van der Waals surface area (Å²) in [5.41, 5.74) is -0.514. The highest BCUT2D eigenvalue weighted by molar-refractivity contribution is 8.16. The molecule has 1 saturated heterocycles. The van der Waals surface area contributed by atoms with Crippen LogP contribution in [0.25, 0.3) is 0 Å². The first-order valence-electron chi connectivity index (χ1n) is 11.7. The number of esters is 1. The molecule has 1 aliphatic heterocycles. The van der Waals surface area contributed by atoms with Crippen molar-refractivity contribution in [3.63, 3.8) is 0 Å². The maximum absolute atomic E-state index is 13.5. The molecule has 0 aromatic heterocycles. The van der Waals surface area contributed by atoms with Gasteiger partial charge < -0.3 is 9.47 Å². The van der Waals surface area contributed by atoms with E-state index < -0.39 is 16.3 Å². The number of carbonyl (C=O) groups is 3. The molecule has 1 atom stereocenters. The maximum atomic E-state index is 13.5. The summed E-state index contributed by atoms with van der Waals surface area (Å²) in [5.74, 6) is -0.254. The Morgan fingerprint density at radius 2 is 1.82 bits per heavy atom. The van der Waals surface area contributed by atoms with Crippen molar-refractivity contribution >= 4 is 46.2 Å². The van der Waals surface area contributed by atoms with Crippen LogP contribution < -0.4 is 4.74 Å². The Balaban J connectivity index is 2.01. The molecule has 0 radical (unpaired) electrons. The molecule has 2 aromatic rings. The number of hydrogen-bond acceptors (Lipinski definition) is 9. The minimum absolute atomic E-state index is 0.0675. The Kier molecular flexibility index (Phi) is 9.76. The Labute approximate surface area is 229 Å². The Hall–Kier alpha value is -3.57. The maximum Gasteiger partial charge on any atom is 0.359 e. The van der Waals surface area contributed by atoms with E-state index in [4.69, 9.17) is 9.47 Å². The number of likely N-dealkylation sites (tertiary alicyclic amines) is 1. The summed E-state index contributed by atoms with van der Waals surface area (Å²) in [7, 11) is 0. The standard InChI is InChI=1S/C27H28N2O7S2/c1-5-15-37-22-16-21(30)28(22)23(24(31)35-17-18-11-13-19(14-12-18)29(33)34)25(38-26(32)27(2,3)4)36-20-9-7-6-8-10-20/h5-14,22H,1,15-17H2,2-4H3. The summed E-state index contributed by atoms with van der Waals surface area (Å²) in [6.45, 7) is 8.73. The zero-order chi connectivity index (χ0) is 27.9. The second kappa shape index (κ2) is 12.8. The number of ether oxygens (including phenoxy) is 2. The monoisotopic (exact) mass is 556 g/mol. The molecule has 1 amide bonds. The number of amides is 1. The second-order valence-corrected chi connectivity index (χ2v) is 11.4. The van der Waals surface area contributed by atoms with Gasteiger partial charge in [0, 0.05) is 23.3 Å². The number of hydrogen-bond donors (Lipinski definition) is 0. The van der Waals surface area contributed by atoms with E-state index in [9.17, 15) is 24.5 Å². The topological polar surface area (TPSA) is 116 Å². The van der Waals surface area contributed by atoms with E-state index in [1.165, 1.54) is 40.9 Å². The van der Waals surface area contributed by atoms with Crippen molar-refractivity contribution in [1.29, 1.82) is 0 Å². The molecule has 38 heavy (non-hydrogen) atoms. The van der Waals surface area contributed by atoms with Crippen LogP contribution in [0.1, 0.15) is 32.8 Å². The third-order valence-corrected chi connectivity index (χ3v) is 7.66. The van der Waals surface area contributed by atoms with Crippen LogP contribution in [0.2, 0.25) is 0 Å². The van der Waals surface area contributed by atoms with Crippen LogP contribution in [0.4, 0.5) is 5.69 Å². The van der Waals surface area contributed by atoms with Gasteiger partial charge in [-0.2, -0.15) is 0 Å². The molecule has 0 saturated carbocycles. The third kappa shape index (κ3) is 7.48. The van der Waals surface area contributed by atoms with Gasteiger partial charge in [0.1, 0.15) is 12.4 Å². The van der Waals surface area contributed by atoms with Gasteiger partial charge >= 0.3 is 5.97 Å². The molecular formula is C27H28N2O7S2. The van der Waals surface area contributed by atoms with Crippen molar-refractivity contribution in [2.75, 3.05) is 5.75 Å². The third-order valence-electron chi connectivity index (χ3n) is 5.21. The molecule has 0 N–H and O–H groups in total. The van der Waals surface area contributed by atoms with Crippen molar-refractivity contribution in [1.82, 2.24) is 4.90 Å². The number of para-hydroxylation sites is 1. The molecule has 200 valence electrons. The highest BCUT2D eigenvalue weighted by atomic mass is 32.2. The van der Waals surface area contributed by atoms with Crippen LogP contribution in [-0.2, 0) is 25.7 Å². The van der Waals surface area contributed by atoms with Crippen LogP contribution in [0.3, 0.4) is 0 Å². The first kappa shape index (κ1) is 29.0. The zero-order valence-corrected chi connectivity index (χ0v) is 22.9. The lowest BCUT2D eigenvalue weighted by Gasteiger charge is -2.40. The quantitative estimate of drug-likeness (QED) is 0.0656. The van der Waals surface area contributed by atoms with Gasteiger partial charge in [-0.25, -0.2) is 4.79 Å². The van der Waals surface area contributed by atoms with Gasteiger partial charge in [0.25, 0.3) is 5.69 Å². The van der Waals surface area contributed by atoms with Crippen LogP contribution in [0.5, 0.6) is 5.75 Å². The summed E-state index contributed by atoms with van der Waals surface area (Å²) in [6, 6.07) is 14.2. The van der Waals surface area contributed by atoms with Gasteiger partial charge in [0.15, 0.2) is 10.8 Å². The molecule has 0 aliphatic carbocycles. The molecule has 0 spiro atoms. The summed E-state index contributed by atoms with van der Waals surface area (Å²) in [6.07, 6.45) is 1.90. The minimum Gasteiger partial charge on any atom is -0.456 e. The van der Waals surface area contributed by atoms with Crippen LogP contribution in [0, 0.1) is 15.5 Å². The van der Waals surface area contributed by atoms with Crippen molar-refractivity contribution in [3.8, 4) is 5.75 Å². The van der Waals surface area contributed by atoms with Crippen molar-refractivity contribution < 1.29 is 28.8 Å². The van der Waals surface area contributed by atoms with Crippen LogP contribution in [-0.4, -0.2) is 37.9 Å². The molecule has 1 heterocycles. The number of benzene rings is 2. The number of carbonyl (C=O) groups excluding carboxylic acids is 3. The summed E-state index contributed by atoms with van der Waals surface area (Å²) < 4.78 is 11.6. The summed E-state index contributed by atoms with van der Waals surface area (Å²) in [5, 5.41) is 10.2. The summed E-state index contributed by atoms with van der Waals surface area (Å²) >= 11 is 2.15. The van der Waals surface area contributed by atoms with Gasteiger partial charge in [-0.15, -0.1) is 18.3 Å². The van der Waals surface area contributed by atoms with E-state index in [1.807, 2.05) is 0 Å². The molecule has 1 unspecified atom stereocenters. The van der Waals surface area contributed by atoms with E-state index in [1.54, 1.807) is 57.2 Å². The lowest BCUT2D eigenvalue weighted by Crippen LogP contribution is -2.52. The first-order chi connectivity index (χ1) is 18.0. The Morgan fingerprint density at radius 1 is 1.16 bits per heavy atom. The number of thioether (sulfide) groups is 2. The highest BCUT2D eigenvalue weighted by Gasteiger charge is 2.44. The zero-order valence-electron chi connectivity index (χ0n) is 21.2. The number of β-lactam (4-membered cyclic amide) rings is 1. The van der Waals surface area contributed by atoms with Crippen LogP contribution >= 0.6 is 23.5 Å². The summed E-state index contributed by atoms with van der Waals surface area (Å²) in [4.78, 5) is 51.1. The van der Waals surface area contributed by atoms with E-state index in [0.717, 1.165) is 11.8 Å². The van der Waals surface area contributed by atoms with Gasteiger partial charge in [0.05, 0.1) is 16.7 Å². The van der Waals surface area contributed by atoms with Crippen molar-refractivity contribution in [3.05, 3.63) is 93.7 Å². The number of nitrogens with zero attached hydrogens (tertiary/aromatic N) is 2. The SMILES string of the molecule is C=CCSC1CC(=O)N1C(C(=O)OCc1ccc([N+](=O)[O-])cc1)=C(Oc1ccccc1)SC(=O)C(C)(C)C. The van der Waals surface area contributed by atoms with E-state index in [-0.39, 0.29) is 45.9 Å². The largest absolute Gasteiger partial charge is 0.456 e. The van der Waals surface area contributed by atoms with Gasteiger partial charge in [0.2, 0.25) is 11.0 Å². The molecule has 0 bridgehead atoms. The lowest BCUT2D eigenvalue weighted by molar-refractivity contribution is -0.384. The van der Waals surface area contributed by atoms with Crippen LogP contribution in [0.15, 0.2) is 78.0 Å². The normalized spacial score (nSPS) is 15.7. The molecule has 3 rings (SSSR count). The molecule has 1 aliphatic rings.